The molecule has 2 aliphatic rings. The summed E-state index contributed by atoms with van der Waals surface area (Å²) in [4.78, 5) is 0. The summed E-state index contributed by atoms with van der Waals surface area (Å²) in [5.41, 5.74) is 0.264. The molecule has 0 bridgehead atoms. The summed E-state index contributed by atoms with van der Waals surface area (Å²) in [6, 6.07) is 0.692. The van der Waals surface area contributed by atoms with E-state index in [9.17, 15) is 5.11 Å². The van der Waals surface area contributed by atoms with Gasteiger partial charge in [-0.25, -0.2) is 0 Å². The minimum atomic E-state index is 0.264. The van der Waals surface area contributed by atoms with E-state index < -0.39 is 0 Å². The zero-order valence-corrected chi connectivity index (χ0v) is 10.5. The van der Waals surface area contributed by atoms with Crippen molar-refractivity contribution in [3.8, 4) is 0 Å². The Labute approximate surface area is 97.2 Å². The molecule has 0 amide bonds. The van der Waals surface area contributed by atoms with Gasteiger partial charge in [0, 0.05) is 29.9 Å². The first-order valence-corrected chi connectivity index (χ1v) is 7.45. The van der Waals surface area contributed by atoms with Crippen LogP contribution in [0.5, 0.6) is 0 Å². The van der Waals surface area contributed by atoms with E-state index in [0.717, 1.165) is 11.8 Å². The van der Waals surface area contributed by atoms with Gasteiger partial charge in [0.1, 0.15) is 0 Å². The normalized spacial score (nSPS) is 34.0. The van der Waals surface area contributed by atoms with Crippen LogP contribution in [0.3, 0.4) is 0 Å². The monoisotopic (exact) mass is 229 g/mol. The van der Waals surface area contributed by atoms with Gasteiger partial charge in [0.05, 0.1) is 0 Å². The summed E-state index contributed by atoms with van der Waals surface area (Å²) in [5.74, 6) is 0. The van der Waals surface area contributed by atoms with Gasteiger partial charge >= 0.3 is 0 Å². The maximum absolute atomic E-state index is 9.26. The molecule has 0 saturated heterocycles. The van der Waals surface area contributed by atoms with Gasteiger partial charge in [0.25, 0.3) is 0 Å². The predicted octanol–water partition coefficient (Wildman–Crippen LogP) is 2.02. The van der Waals surface area contributed by atoms with Crippen LogP contribution in [0, 0.1) is 5.41 Å². The van der Waals surface area contributed by atoms with E-state index in [1.807, 2.05) is 11.8 Å². The SMILES string of the molecule is CSC1CCCCC1NCC1(CO)CC1. The van der Waals surface area contributed by atoms with Crippen molar-refractivity contribution in [2.45, 2.75) is 49.8 Å². The van der Waals surface area contributed by atoms with Crippen LogP contribution in [-0.4, -0.2) is 35.8 Å². The van der Waals surface area contributed by atoms with Gasteiger partial charge in [0.2, 0.25) is 0 Å². The molecule has 2 nitrogen and oxygen atoms in total. The van der Waals surface area contributed by atoms with Crippen LogP contribution < -0.4 is 5.32 Å². The molecule has 2 N–H and O–H groups in total. The molecule has 2 saturated carbocycles. The molecule has 0 aromatic carbocycles. The Kier molecular flexibility index (Phi) is 3.97. The fourth-order valence-corrected chi connectivity index (χ4v) is 3.49. The van der Waals surface area contributed by atoms with E-state index in [1.54, 1.807) is 0 Å². The summed E-state index contributed by atoms with van der Waals surface area (Å²) in [7, 11) is 0. The Bertz CT molecular complexity index is 206. The average molecular weight is 229 g/mol. The molecule has 0 spiro atoms. The lowest BCUT2D eigenvalue weighted by Crippen LogP contribution is -2.43. The Hall–Kier alpha value is 0.270. The van der Waals surface area contributed by atoms with Gasteiger partial charge in [-0.1, -0.05) is 12.8 Å². The van der Waals surface area contributed by atoms with Gasteiger partial charge < -0.3 is 10.4 Å². The van der Waals surface area contributed by atoms with Gasteiger partial charge in [-0.05, 0) is 31.9 Å². The van der Waals surface area contributed by atoms with Crippen molar-refractivity contribution in [2.24, 2.45) is 5.41 Å². The number of hydrogen-bond acceptors (Lipinski definition) is 3. The molecular formula is C12H23NOS. The highest BCUT2D eigenvalue weighted by molar-refractivity contribution is 7.99. The van der Waals surface area contributed by atoms with Crippen molar-refractivity contribution in [3.63, 3.8) is 0 Å². The van der Waals surface area contributed by atoms with Crippen molar-refractivity contribution >= 4 is 11.8 Å². The lowest BCUT2D eigenvalue weighted by atomic mass is 9.94. The van der Waals surface area contributed by atoms with Crippen molar-refractivity contribution in [2.75, 3.05) is 19.4 Å². The maximum atomic E-state index is 9.26. The van der Waals surface area contributed by atoms with Crippen LogP contribution in [-0.2, 0) is 0 Å². The molecule has 15 heavy (non-hydrogen) atoms. The van der Waals surface area contributed by atoms with Crippen molar-refractivity contribution < 1.29 is 5.11 Å². The highest BCUT2D eigenvalue weighted by Gasteiger charge is 2.42. The van der Waals surface area contributed by atoms with Crippen LogP contribution in [0.4, 0.5) is 0 Å². The third kappa shape index (κ3) is 2.89. The quantitative estimate of drug-likeness (QED) is 0.756. The highest BCUT2D eigenvalue weighted by Crippen LogP contribution is 2.44. The smallest absolute Gasteiger partial charge is 0.0499 e. The fourth-order valence-electron chi connectivity index (χ4n) is 2.53. The summed E-state index contributed by atoms with van der Waals surface area (Å²) >= 11 is 2.01. The molecule has 88 valence electrons. The minimum Gasteiger partial charge on any atom is -0.396 e. The summed E-state index contributed by atoms with van der Waals surface area (Å²) in [6.07, 6.45) is 10.1. The molecule has 0 aromatic rings. The van der Waals surface area contributed by atoms with Crippen LogP contribution in [0.15, 0.2) is 0 Å². The Balaban J connectivity index is 1.77. The van der Waals surface area contributed by atoms with E-state index in [1.165, 1.54) is 38.5 Å². The third-order valence-corrected chi connectivity index (χ3v) is 5.21. The molecule has 2 fully saturated rings. The fraction of sp³-hybridized carbons (Fsp3) is 1.00. The van der Waals surface area contributed by atoms with E-state index in [2.05, 4.69) is 11.6 Å². The second-order valence-electron chi connectivity index (χ2n) is 5.20. The van der Waals surface area contributed by atoms with Crippen LogP contribution >= 0.6 is 11.8 Å². The molecule has 0 aliphatic heterocycles. The first-order chi connectivity index (χ1) is 7.29. The van der Waals surface area contributed by atoms with Crippen molar-refractivity contribution in [1.29, 1.82) is 0 Å². The topological polar surface area (TPSA) is 32.3 Å². The number of thioether (sulfide) groups is 1. The largest absolute Gasteiger partial charge is 0.396 e. The number of hydrogen-bond donors (Lipinski definition) is 2. The van der Waals surface area contributed by atoms with E-state index in [-0.39, 0.29) is 5.41 Å². The van der Waals surface area contributed by atoms with Crippen molar-refractivity contribution in [1.82, 2.24) is 5.32 Å². The van der Waals surface area contributed by atoms with Crippen LogP contribution in [0.25, 0.3) is 0 Å². The molecule has 2 aliphatic carbocycles. The zero-order chi connectivity index (χ0) is 10.7. The van der Waals surface area contributed by atoms with E-state index in [0.29, 0.717) is 12.6 Å². The molecule has 2 unspecified atom stereocenters. The van der Waals surface area contributed by atoms with Gasteiger partial charge in [-0.3, -0.25) is 0 Å². The molecule has 0 heterocycles. The second-order valence-corrected chi connectivity index (χ2v) is 6.28. The molecule has 0 radical (unpaired) electrons. The van der Waals surface area contributed by atoms with Gasteiger partial charge in [-0.2, -0.15) is 11.8 Å². The van der Waals surface area contributed by atoms with Crippen molar-refractivity contribution in [3.05, 3.63) is 0 Å². The average Bonchev–Trinajstić information content (AvgIpc) is 3.07. The van der Waals surface area contributed by atoms with E-state index in [4.69, 9.17) is 0 Å². The first-order valence-electron chi connectivity index (χ1n) is 6.17. The number of aliphatic hydroxyl groups is 1. The molecule has 2 rings (SSSR count). The molecule has 0 aromatic heterocycles. The second kappa shape index (κ2) is 5.07. The third-order valence-electron chi connectivity index (χ3n) is 4.04. The molecule has 3 heteroatoms. The van der Waals surface area contributed by atoms with Gasteiger partial charge in [0.15, 0.2) is 0 Å². The predicted molar refractivity (Wildman–Crippen MR) is 66.3 cm³/mol. The van der Waals surface area contributed by atoms with Crippen LogP contribution in [0.2, 0.25) is 0 Å². The number of aliphatic hydroxyl groups excluding tert-OH is 1. The van der Waals surface area contributed by atoms with E-state index >= 15 is 0 Å². The summed E-state index contributed by atoms with van der Waals surface area (Å²) < 4.78 is 0. The lowest BCUT2D eigenvalue weighted by molar-refractivity contribution is 0.200. The molecular weight excluding hydrogens is 206 g/mol. The number of nitrogens with one attached hydrogen (secondary N) is 1. The zero-order valence-electron chi connectivity index (χ0n) is 9.67. The maximum Gasteiger partial charge on any atom is 0.0499 e. The Morgan fingerprint density at radius 3 is 2.67 bits per heavy atom. The van der Waals surface area contributed by atoms with Gasteiger partial charge in [-0.15, -0.1) is 0 Å². The minimum absolute atomic E-state index is 0.264. The van der Waals surface area contributed by atoms with Crippen LogP contribution in [0.1, 0.15) is 38.5 Å². The first kappa shape index (κ1) is 11.7. The summed E-state index contributed by atoms with van der Waals surface area (Å²) in [6.45, 7) is 1.40. The lowest BCUT2D eigenvalue weighted by Gasteiger charge is -2.32. The Morgan fingerprint density at radius 2 is 2.07 bits per heavy atom. The Morgan fingerprint density at radius 1 is 1.33 bits per heavy atom. The highest BCUT2D eigenvalue weighted by atomic mass is 32.2. The number of rotatable bonds is 5. The standard InChI is InChI=1S/C12H23NOS/c1-15-11-5-3-2-4-10(11)13-8-12(9-14)6-7-12/h10-11,13-14H,2-9H2,1H3. The summed E-state index contributed by atoms with van der Waals surface area (Å²) in [5, 5.41) is 13.8. The molecule has 2 atom stereocenters.